The predicted octanol–water partition coefficient (Wildman–Crippen LogP) is 4.08. The molecule has 2 heterocycles. The second-order valence-corrected chi connectivity index (χ2v) is 8.18. The first-order chi connectivity index (χ1) is 13.9. The third kappa shape index (κ3) is 4.92. The summed E-state index contributed by atoms with van der Waals surface area (Å²) in [7, 11) is 0. The zero-order chi connectivity index (χ0) is 20.4. The smallest absolute Gasteiger partial charge is 0.376 e. The number of rotatable bonds is 7. The van der Waals surface area contributed by atoms with Gasteiger partial charge in [0, 0.05) is 12.5 Å². The fourth-order valence-corrected chi connectivity index (χ4v) is 4.12. The van der Waals surface area contributed by atoms with Crippen LogP contribution in [0.15, 0.2) is 29.4 Å². The highest BCUT2D eigenvalue weighted by Gasteiger charge is 2.34. The lowest BCUT2D eigenvalue weighted by atomic mass is 10.1. The van der Waals surface area contributed by atoms with Crippen molar-refractivity contribution in [3.63, 3.8) is 0 Å². The third-order valence-corrected chi connectivity index (χ3v) is 5.90. The maximum absolute atomic E-state index is 13.1. The lowest BCUT2D eigenvalue weighted by Crippen LogP contribution is -2.20. The van der Waals surface area contributed by atoms with E-state index in [2.05, 4.69) is 15.5 Å². The molecule has 6 nitrogen and oxygen atoms in total. The number of hydrogen-bond donors (Lipinski definition) is 1. The van der Waals surface area contributed by atoms with E-state index in [-0.39, 0.29) is 17.5 Å². The molecule has 1 N–H and O–H groups in total. The number of ether oxygens (including phenoxy) is 1. The molecule has 1 aliphatic heterocycles. The minimum Gasteiger partial charge on any atom is -0.376 e. The average molecular weight is 426 g/mol. The highest BCUT2D eigenvalue weighted by atomic mass is 32.2. The van der Waals surface area contributed by atoms with E-state index < -0.39 is 17.6 Å². The van der Waals surface area contributed by atoms with E-state index in [1.807, 2.05) is 4.57 Å². The van der Waals surface area contributed by atoms with E-state index in [9.17, 15) is 18.0 Å². The highest BCUT2D eigenvalue weighted by molar-refractivity contribution is 7.99. The number of carbonyl (C=O) groups excluding carboxylic acids is 1. The van der Waals surface area contributed by atoms with Gasteiger partial charge in [0.05, 0.1) is 29.7 Å². The van der Waals surface area contributed by atoms with Crippen molar-refractivity contribution in [1.82, 2.24) is 14.8 Å². The van der Waals surface area contributed by atoms with Crippen LogP contribution in [-0.2, 0) is 22.3 Å². The molecule has 2 fully saturated rings. The fourth-order valence-electron chi connectivity index (χ4n) is 3.37. The summed E-state index contributed by atoms with van der Waals surface area (Å²) in [6.07, 6.45) is -0.282. The number of hydrogen-bond acceptors (Lipinski definition) is 5. The van der Waals surface area contributed by atoms with Crippen LogP contribution < -0.4 is 5.32 Å². The van der Waals surface area contributed by atoms with Crippen molar-refractivity contribution in [2.75, 3.05) is 17.7 Å². The number of amides is 1. The first kappa shape index (κ1) is 20.2. The van der Waals surface area contributed by atoms with Crippen LogP contribution in [0.2, 0.25) is 0 Å². The maximum Gasteiger partial charge on any atom is 0.418 e. The van der Waals surface area contributed by atoms with Crippen LogP contribution in [0.5, 0.6) is 0 Å². The zero-order valence-corrected chi connectivity index (χ0v) is 16.4. The maximum atomic E-state index is 13.1. The Balaban J connectivity index is 1.42. The number of para-hydroxylation sites is 1. The van der Waals surface area contributed by atoms with Gasteiger partial charge in [0.1, 0.15) is 5.82 Å². The summed E-state index contributed by atoms with van der Waals surface area (Å²) in [4.78, 5) is 12.3. The molecule has 4 rings (SSSR count). The molecule has 1 atom stereocenters. The number of benzene rings is 1. The molecule has 0 bridgehead atoms. The van der Waals surface area contributed by atoms with Gasteiger partial charge in [-0.25, -0.2) is 0 Å². The van der Waals surface area contributed by atoms with Gasteiger partial charge in [-0.2, -0.15) is 13.2 Å². The van der Waals surface area contributed by atoms with Gasteiger partial charge in [-0.1, -0.05) is 23.9 Å². The van der Waals surface area contributed by atoms with Crippen molar-refractivity contribution >= 4 is 23.4 Å². The largest absolute Gasteiger partial charge is 0.418 e. The van der Waals surface area contributed by atoms with Crippen LogP contribution in [0.3, 0.4) is 0 Å². The van der Waals surface area contributed by atoms with E-state index in [1.54, 1.807) is 0 Å². The number of nitrogens with zero attached hydrogens (tertiary/aromatic N) is 3. The Bertz CT molecular complexity index is 877. The number of halogens is 3. The molecular weight excluding hydrogens is 405 g/mol. The van der Waals surface area contributed by atoms with Gasteiger partial charge in [0.2, 0.25) is 5.91 Å². The molecule has 1 aromatic heterocycles. The van der Waals surface area contributed by atoms with Crippen molar-refractivity contribution in [2.24, 2.45) is 0 Å². The van der Waals surface area contributed by atoms with Crippen molar-refractivity contribution in [3.8, 4) is 0 Å². The minimum atomic E-state index is -4.53. The topological polar surface area (TPSA) is 69.0 Å². The molecule has 1 saturated heterocycles. The molecule has 1 aromatic carbocycles. The number of carbonyl (C=O) groups is 1. The number of alkyl halides is 3. The third-order valence-electron chi connectivity index (χ3n) is 4.94. The van der Waals surface area contributed by atoms with E-state index in [4.69, 9.17) is 4.74 Å². The lowest BCUT2D eigenvalue weighted by Gasteiger charge is -2.15. The Hall–Kier alpha value is -2.07. The zero-order valence-electron chi connectivity index (χ0n) is 15.6. The summed E-state index contributed by atoms with van der Waals surface area (Å²) in [6, 6.07) is 4.94. The van der Waals surface area contributed by atoms with Crippen LogP contribution in [-0.4, -0.2) is 39.1 Å². The molecule has 1 unspecified atom stereocenters. The van der Waals surface area contributed by atoms with Crippen LogP contribution in [0.4, 0.5) is 18.9 Å². The van der Waals surface area contributed by atoms with Crippen molar-refractivity contribution in [2.45, 2.75) is 55.6 Å². The summed E-state index contributed by atoms with van der Waals surface area (Å²) < 4.78 is 47.0. The summed E-state index contributed by atoms with van der Waals surface area (Å²) in [6.45, 7) is 1.38. The summed E-state index contributed by atoms with van der Waals surface area (Å²) in [5.41, 5.74) is -1.11. The molecule has 29 heavy (non-hydrogen) atoms. The van der Waals surface area contributed by atoms with Crippen LogP contribution in [0, 0.1) is 0 Å². The molecular formula is C19H21F3N4O2S. The first-order valence-corrected chi connectivity index (χ1v) is 10.5. The summed E-state index contributed by atoms with van der Waals surface area (Å²) >= 11 is 1.18. The van der Waals surface area contributed by atoms with E-state index in [0.29, 0.717) is 17.6 Å². The molecule has 1 saturated carbocycles. The van der Waals surface area contributed by atoms with Gasteiger partial charge in [0.15, 0.2) is 5.16 Å². The normalized spacial score (nSPS) is 19.5. The molecule has 2 aliphatic rings. The fraction of sp³-hybridized carbons (Fsp3) is 0.526. The van der Waals surface area contributed by atoms with E-state index in [0.717, 1.165) is 44.2 Å². The van der Waals surface area contributed by atoms with E-state index >= 15 is 0 Å². The Kier molecular flexibility index (Phi) is 5.82. The molecule has 0 spiro atoms. The molecule has 1 amide bonds. The van der Waals surface area contributed by atoms with Crippen LogP contribution in [0.25, 0.3) is 0 Å². The number of thioether (sulfide) groups is 1. The number of aromatic nitrogens is 3. The van der Waals surface area contributed by atoms with Crippen molar-refractivity contribution in [3.05, 3.63) is 35.7 Å². The van der Waals surface area contributed by atoms with E-state index in [1.165, 1.54) is 30.0 Å². The Morgan fingerprint density at radius 1 is 1.24 bits per heavy atom. The molecule has 156 valence electrons. The molecule has 0 radical (unpaired) electrons. The van der Waals surface area contributed by atoms with Crippen LogP contribution >= 0.6 is 11.8 Å². The van der Waals surface area contributed by atoms with Gasteiger partial charge in [-0.3, -0.25) is 4.79 Å². The van der Waals surface area contributed by atoms with Crippen molar-refractivity contribution < 1.29 is 22.7 Å². The molecule has 10 heteroatoms. The number of anilines is 1. The SMILES string of the molecule is O=C(CSc1nnc(C2CC2)n1CC1CCCO1)Nc1ccccc1C(F)(F)F. The monoisotopic (exact) mass is 426 g/mol. The van der Waals surface area contributed by atoms with Gasteiger partial charge in [-0.05, 0) is 37.8 Å². The number of nitrogens with one attached hydrogen (secondary N) is 1. The van der Waals surface area contributed by atoms with Gasteiger partial charge in [0.25, 0.3) is 0 Å². The van der Waals surface area contributed by atoms with Crippen molar-refractivity contribution in [1.29, 1.82) is 0 Å². The van der Waals surface area contributed by atoms with Gasteiger partial charge in [-0.15, -0.1) is 10.2 Å². The minimum absolute atomic E-state index is 0.0550. The van der Waals surface area contributed by atoms with Gasteiger partial charge >= 0.3 is 6.18 Å². The molecule has 2 aromatic rings. The second kappa shape index (κ2) is 8.35. The Morgan fingerprint density at radius 3 is 2.72 bits per heavy atom. The highest BCUT2D eigenvalue weighted by Crippen LogP contribution is 2.40. The predicted molar refractivity (Wildman–Crippen MR) is 102 cm³/mol. The summed E-state index contributed by atoms with van der Waals surface area (Å²) in [5, 5.41) is 11.5. The lowest BCUT2D eigenvalue weighted by molar-refractivity contribution is -0.137. The standard InChI is InChI=1S/C19H21F3N4O2S/c20-19(21,22)14-5-1-2-6-15(14)23-16(27)11-29-18-25-24-17(12-7-8-12)26(18)10-13-4-3-9-28-13/h1-2,5-6,12-13H,3-4,7-11H2,(H,23,27). The second-order valence-electron chi connectivity index (χ2n) is 7.24. The average Bonchev–Trinajstić information content (AvgIpc) is 3.24. The Morgan fingerprint density at radius 2 is 2.03 bits per heavy atom. The summed E-state index contributed by atoms with van der Waals surface area (Å²) in [5.74, 6) is 0.725. The quantitative estimate of drug-likeness (QED) is 0.676. The van der Waals surface area contributed by atoms with Gasteiger partial charge < -0.3 is 14.6 Å². The Labute approximate surface area is 170 Å². The molecule has 1 aliphatic carbocycles. The van der Waals surface area contributed by atoms with Crippen LogP contribution in [0.1, 0.15) is 43.0 Å². The first-order valence-electron chi connectivity index (χ1n) is 9.55.